The number of hydrogen-bond acceptors (Lipinski definition) is 2. The largest absolute Gasteiger partial charge is 0.321 e. The van der Waals surface area contributed by atoms with Gasteiger partial charge in [-0.1, -0.05) is 46.4 Å². The molecule has 0 unspecified atom stereocenters. The van der Waals surface area contributed by atoms with Gasteiger partial charge < -0.3 is 9.98 Å². The molecule has 0 atom stereocenters. The molecule has 88 valence electrons. The van der Waals surface area contributed by atoms with Crippen molar-refractivity contribution < 1.29 is 0 Å². The van der Waals surface area contributed by atoms with Crippen molar-refractivity contribution in [2.24, 2.45) is 0 Å². The van der Waals surface area contributed by atoms with E-state index in [2.05, 4.69) is 4.98 Å². The van der Waals surface area contributed by atoms with Crippen LogP contribution >= 0.6 is 46.4 Å². The minimum absolute atomic E-state index is 0.0820. The van der Waals surface area contributed by atoms with E-state index in [1.807, 2.05) is 0 Å². The van der Waals surface area contributed by atoms with Gasteiger partial charge in [-0.2, -0.15) is 0 Å². The quantitative estimate of drug-likeness (QED) is 0.796. The lowest BCUT2D eigenvalue weighted by atomic mass is 10.3. The standard InChI is InChI=1S/C10H5Cl4N3/c11-6-8(7(12)10(14)16-9(6)13)17-3-1-5(15)2-4-17/h1-4,15H. The van der Waals surface area contributed by atoms with Crippen LogP contribution in [0.3, 0.4) is 0 Å². The Balaban J connectivity index is 2.74. The molecule has 0 saturated carbocycles. The molecule has 0 amide bonds. The topological polar surface area (TPSA) is 41.7 Å². The second kappa shape index (κ2) is 4.86. The Bertz CT molecular complexity index is 589. The second-order valence-corrected chi connectivity index (χ2v) is 4.64. The lowest BCUT2D eigenvalue weighted by Gasteiger charge is -2.12. The van der Waals surface area contributed by atoms with Gasteiger partial charge in [0.25, 0.3) is 0 Å². The third-order valence-corrected chi connectivity index (χ3v) is 3.52. The van der Waals surface area contributed by atoms with E-state index in [1.165, 1.54) is 0 Å². The van der Waals surface area contributed by atoms with E-state index in [0.717, 1.165) is 0 Å². The normalized spacial score (nSPS) is 10.6. The predicted molar refractivity (Wildman–Crippen MR) is 69.5 cm³/mol. The summed E-state index contributed by atoms with van der Waals surface area (Å²) in [6.07, 6.45) is 3.28. The van der Waals surface area contributed by atoms with Gasteiger partial charge in [-0.3, -0.25) is 0 Å². The number of halogens is 4. The molecular weight excluding hydrogens is 304 g/mol. The Labute approximate surface area is 117 Å². The van der Waals surface area contributed by atoms with Crippen LogP contribution in [0.1, 0.15) is 0 Å². The van der Waals surface area contributed by atoms with Gasteiger partial charge in [0, 0.05) is 12.4 Å². The Morgan fingerprint density at radius 3 is 1.88 bits per heavy atom. The molecule has 0 bridgehead atoms. The van der Waals surface area contributed by atoms with Crippen molar-refractivity contribution in [1.82, 2.24) is 9.55 Å². The fraction of sp³-hybridized carbons (Fsp3) is 0. The van der Waals surface area contributed by atoms with Crippen molar-refractivity contribution >= 4 is 46.4 Å². The minimum atomic E-state index is 0.0820. The molecule has 17 heavy (non-hydrogen) atoms. The molecule has 0 aromatic carbocycles. The van der Waals surface area contributed by atoms with Gasteiger partial charge in [0.2, 0.25) is 0 Å². The van der Waals surface area contributed by atoms with Crippen molar-refractivity contribution in [3.8, 4) is 5.69 Å². The van der Waals surface area contributed by atoms with E-state index in [9.17, 15) is 0 Å². The summed E-state index contributed by atoms with van der Waals surface area (Å²) in [5.74, 6) is 0. The zero-order chi connectivity index (χ0) is 12.6. The molecule has 0 fully saturated rings. The summed E-state index contributed by atoms with van der Waals surface area (Å²) in [4.78, 5) is 3.79. The Morgan fingerprint density at radius 2 is 1.41 bits per heavy atom. The van der Waals surface area contributed by atoms with Crippen LogP contribution in [0.4, 0.5) is 0 Å². The molecular formula is C10H5Cl4N3. The summed E-state index contributed by atoms with van der Waals surface area (Å²) in [5, 5.41) is 8.36. The van der Waals surface area contributed by atoms with Gasteiger partial charge in [-0.25, -0.2) is 4.98 Å². The average Bonchev–Trinajstić information content (AvgIpc) is 2.29. The number of pyridine rings is 2. The fourth-order valence-electron chi connectivity index (χ4n) is 1.28. The fourth-order valence-corrected chi connectivity index (χ4v) is 2.19. The molecule has 0 aliphatic carbocycles. The maximum absolute atomic E-state index is 7.40. The van der Waals surface area contributed by atoms with Crippen molar-refractivity contribution in [1.29, 1.82) is 5.41 Å². The first kappa shape index (κ1) is 12.7. The van der Waals surface area contributed by atoms with Gasteiger partial charge in [-0.05, 0) is 12.1 Å². The molecule has 1 N–H and O–H groups in total. The highest BCUT2D eigenvalue weighted by Gasteiger charge is 2.16. The summed E-state index contributed by atoms with van der Waals surface area (Å²) in [6, 6.07) is 3.18. The van der Waals surface area contributed by atoms with Crippen molar-refractivity contribution in [3.05, 3.63) is 50.2 Å². The van der Waals surface area contributed by atoms with Gasteiger partial charge in [-0.15, -0.1) is 0 Å². The van der Waals surface area contributed by atoms with Crippen LogP contribution in [-0.4, -0.2) is 9.55 Å². The van der Waals surface area contributed by atoms with Crippen LogP contribution in [-0.2, 0) is 0 Å². The van der Waals surface area contributed by atoms with Crippen LogP contribution in [0.2, 0.25) is 20.4 Å². The third kappa shape index (κ3) is 2.43. The van der Waals surface area contributed by atoms with E-state index in [0.29, 0.717) is 11.0 Å². The average molecular weight is 309 g/mol. The summed E-state index contributed by atoms with van der Waals surface area (Å²) in [5.41, 5.74) is 0.443. The maximum atomic E-state index is 7.40. The molecule has 0 radical (unpaired) electrons. The summed E-state index contributed by atoms with van der Waals surface area (Å²) in [6.45, 7) is 0. The smallest absolute Gasteiger partial charge is 0.151 e. The molecule has 0 aliphatic heterocycles. The van der Waals surface area contributed by atoms with Crippen molar-refractivity contribution in [2.45, 2.75) is 0 Å². The number of nitrogens with zero attached hydrogens (tertiary/aromatic N) is 2. The van der Waals surface area contributed by atoms with Crippen molar-refractivity contribution in [2.75, 3.05) is 0 Å². The van der Waals surface area contributed by atoms with Gasteiger partial charge in [0.15, 0.2) is 10.3 Å². The van der Waals surface area contributed by atoms with Crippen LogP contribution < -0.4 is 5.36 Å². The molecule has 2 heterocycles. The van der Waals surface area contributed by atoms with E-state index in [1.54, 1.807) is 29.1 Å². The first-order valence-corrected chi connectivity index (χ1v) is 5.95. The first-order valence-electron chi connectivity index (χ1n) is 4.44. The molecule has 2 rings (SSSR count). The Hall–Kier alpha value is -0.740. The summed E-state index contributed by atoms with van der Waals surface area (Å²) >= 11 is 23.8. The monoisotopic (exact) mass is 307 g/mol. The molecule has 0 spiro atoms. The van der Waals surface area contributed by atoms with E-state index < -0.39 is 0 Å². The highest BCUT2D eigenvalue weighted by Crippen LogP contribution is 2.36. The highest BCUT2D eigenvalue weighted by atomic mass is 35.5. The zero-order valence-electron chi connectivity index (χ0n) is 8.22. The Kier molecular flexibility index (Phi) is 3.64. The van der Waals surface area contributed by atoms with Gasteiger partial charge in [0.05, 0.1) is 11.0 Å². The Morgan fingerprint density at radius 1 is 0.941 bits per heavy atom. The molecule has 2 aromatic rings. The SMILES string of the molecule is N=c1ccn(-c2c(Cl)c(Cl)nc(Cl)c2Cl)cc1. The zero-order valence-corrected chi connectivity index (χ0v) is 11.2. The van der Waals surface area contributed by atoms with Crippen LogP contribution in [0.25, 0.3) is 5.69 Å². The number of aromatic nitrogens is 2. The summed E-state index contributed by atoms with van der Waals surface area (Å²) < 4.78 is 1.63. The summed E-state index contributed by atoms with van der Waals surface area (Å²) in [7, 11) is 0. The number of rotatable bonds is 1. The molecule has 7 heteroatoms. The first-order chi connectivity index (χ1) is 8.00. The predicted octanol–water partition coefficient (Wildman–Crippen LogP) is 3.97. The number of nitrogens with one attached hydrogen (secondary N) is 1. The van der Waals surface area contributed by atoms with E-state index in [-0.39, 0.29) is 20.4 Å². The third-order valence-electron chi connectivity index (χ3n) is 2.06. The number of hydrogen-bond donors (Lipinski definition) is 1. The van der Waals surface area contributed by atoms with Gasteiger partial charge in [0.1, 0.15) is 10.0 Å². The molecule has 0 aliphatic rings. The minimum Gasteiger partial charge on any atom is -0.321 e. The maximum Gasteiger partial charge on any atom is 0.151 e. The highest BCUT2D eigenvalue weighted by molar-refractivity contribution is 6.47. The van der Waals surface area contributed by atoms with Crippen LogP contribution in [0.5, 0.6) is 0 Å². The molecule has 2 aromatic heterocycles. The second-order valence-electron chi connectivity index (χ2n) is 3.16. The van der Waals surface area contributed by atoms with Crippen LogP contribution in [0, 0.1) is 5.41 Å². The molecule has 0 saturated heterocycles. The lowest BCUT2D eigenvalue weighted by molar-refractivity contribution is 1.02. The van der Waals surface area contributed by atoms with Crippen molar-refractivity contribution in [3.63, 3.8) is 0 Å². The molecule has 3 nitrogen and oxygen atoms in total. The van der Waals surface area contributed by atoms with E-state index >= 15 is 0 Å². The van der Waals surface area contributed by atoms with Crippen LogP contribution in [0.15, 0.2) is 24.5 Å². The van der Waals surface area contributed by atoms with Gasteiger partial charge >= 0.3 is 0 Å². The van der Waals surface area contributed by atoms with E-state index in [4.69, 9.17) is 51.8 Å². The lowest BCUT2D eigenvalue weighted by Crippen LogP contribution is -2.04.